The molecule has 3 rings (SSSR count). The van der Waals surface area contributed by atoms with E-state index in [1.807, 2.05) is 6.92 Å². The maximum Gasteiger partial charge on any atom is 0.328 e. The summed E-state index contributed by atoms with van der Waals surface area (Å²) in [5.74, 6) is 4.51. The van der Waals surface area contributed by atoms with Crippen LogP contribution in [0.3, 0.4) is 0 Å². The molecule has 1 aromatic heterocycles. The van der Waals surface area contributed by atoms with Crippen LogP contribution >= 0.6 is 0 Å². The average Bonchev–Trinajstić information content (AvgIpc) is 2.83. The van der Waals surface area contributed by atoms with Crippen LogP contribution in [0.5, 0.6) is 0 Å². The van der Waals surface area contributed by atoms with Crippen molar-refractivity contribution in [2.45, 2.75) is 58.0 Å². The zero-order chi connectivity index (χ0) is 25.4. The minimum absolute atomic E-state index is 0.145. The zero-order valence-corrected chi connectivity index (χ0v) is 20.6. The second-order valence-corrected chi connectivity index (χ2v) is 10.7. The predicted molar refractivity (Wildman–Crippen MR) is 134 cm³/mol. The molecule has 4 N–H and O–H groups in total. The summed E-state index contributed by atoms with van der Waals surface area (Å²) in [4.78, 5) is 39.7. The van der Waals surface area contributed by atoms with Crippen LogP contribution < -0.4 is 21.3 Å². The van der Waals surface area contributed by atoms with Gasteiger partial charge in [-0.25, -0.2) is 13.2 Å². The summed E-state index contributed by atoms with van der Waals surface area (Å²) in [6, 6.07) is 3.39. The molecule has 0 saturated carbocycles. The van der Waals surface area contributed by atoms with Crippen LogP contribution in [-0.2, 0) is 21.4 Å². The molecular weight excluding hydrogens is 472 g/mol. The summed E-state index contributed by atoms with van der Waals surface area (Å²) in [6.07, 6.45) is 3.66. The van der Waals surface area contributed by atoms with Crippen LogP contribution in [0.4, 0.5) is 0 Å². The van der Waals surface area contributed by atoms with E-state index in [9.17, 15) is 27.9 Å². The van der Waals surface area contributed by atoms with Gasteiger partial charge in [-0.3, -0.25) is 14.2 Å². The Labute approximate surface area is 204 Å². The third-order valence-corrected chi connectivity index (χ3v) is 7.60. The Hall–Kier alpha value is -2.94. The lowest BCUT2D eigenvalue weighted by Gasteiger charge is -2.22. The van der Waals surface area contributed by atoms with Crippen molar-refractivity contribution in [2.75, 3.05) is 18.8 Å². The van der Waals surface area contributed by atoms with E-state index in [0.29, 0.717) is 41.8 Å². The van der Waals surface area contributed by atoms with Gasteiger partial charge in [0.15, 0.2) is 0 Å². The van der Waals surface area contributed by atoms with Gasteiger partial charge in [-0.2, -0.15) is 4.72 Å². The molecule has 10 nitrogen and oxygen atoms in total. The third kappa shape index (κ3) is 7.52. The lowest BCUT2D eigenvalue weighted by molar-refractivity contribution is -0.138. The minimum Gasteiger partial charge on any atom is -0.480 e. The summed E-state index contributed by atoms with van der Waals surface area (Å²) in [6.45, 7) is 4.07. The number of nitrogens with one attached hydrogen (secondary N) is 3. The van der Waals surface area contributed by atoms with Gasteiger partial charge in [0.25, 0.3) is 5.56 Å². The van der Waals surface area contributed by atoms with Gasteiger partial charge >= 0.3 is 11.7 Å². The van der Waals surface area contributed by atoms with E-state index in [1.165, 1.54) is 4.57 Å². The first kappa shape index (κ1) is 26.7. The number of sulfonamides is 1. The quantitative estimate of drug-likeness (QED) is 0.352. The van der Waals surface area contributed by atoms with Crippen molar-refractivity contribution in [3.8, 4) is 11.8 Å². The molecule has 0 spiro atoms. The molecule has 190 valence electrons. The SMILES string of the molecule is CCCCS(=O)(=O)NC(CC#Cc1ccc2[nH]c(=O)n(CCC3CCNCC3)c(=O)c2c1)C(=O)O. The molecule has 1 aromatic carbocycles. The third-order valence-electron chi connectivity index (χ3n) is 6.13. The van der Waals surface area contributed by atoms with Crippen molar-refractivity contribution in [2.24, 2.45) is 5.92 Å². The van der Waals surface area contributed by atoms with Gasteiger partial charge < -0.3 is 15.4 Å². The van der Waals surface area contributed by atoms with Crippen LogP contribution in [0.15, 0.2) is 27.8 Å². The fraction of sp³-hybridized carbons (Fsp3) is 0.542. The number of rotatable bonds is 10. The number of unbranched alkanes of at least 4 members (excludes halogenated alkanes) is 1. The van der Waals surface area contributed by atoms with Gasteiger partial charge in [0.2, 0.25) is 10.0 Å². The number of aromatic nitrogens is 2. The van der Waals surface area contributed by atoms with Crippen LogP contribution in [-0.4, -0.2) is 53.9 Å². The van der Waals surface area contributed by atoms with Crippen molar-refractivity contribution in [3.05, 3.63) is 44.6 Å². The number of piperidine rings is 1. The highest BCUT2D eigenvalue weighted by Crippen LogP contribution is 2.16. The highest BCUT2D eigenvalue weighted by Gasteiger charge is 2.22. The topological polar surface area (TPSA) is 150 Å². The van der Waals surface area contributed by atoms with Gasteiger partial charge in [-0.05, 0) is 62.9 Å². The van der Waals surface area contributed by atoms with E-state index >= 15 is 0 Å². The molecule has 1 saturated heterocycles. The smallest absolute Gasteiger partial charge is 0.328 e. The lowest BCUT2D eigenvalue weighted by Crippen LogP contribution is -2.41. The molecule has 11 heteroatoms. The molecule has 1 atom stereocenters. The Kier molecular flexibility index (Phi) is 9.26. The highest BCUT2D eigenvalue weighted by molar-refractivity contribution is 7.89. The summed E-state index contributed by atoms with van der Waals surface area (Å²) < 4.78 is 27.5. The molecule has 1 aliphatic rings. The number of hydrogen-bond donors (Lipinski definition) is 4. The van der Waals surface area contributed by atoms with Crippen molar-refractivity contribution < 1.29 is 18.3 Å². The summed E-state index contributed by atoms with van der Waals surface area (Å²) in [5.41, 5.74) is 0.0173. The molecule has 2 heterocycles. The second-order valence-electron chi connectivity index (χ2n) is 8.82. The first-order chi connectivity index (χ1) is 16.7. The van der Waals surface area contributed by atoms with E-state index in [4.69, 9.17) is 0 Å². The Balaban J connectivity index is 1.77. The fourth-order valence-corrected chi connectivity index (χ4v) is 5.46. The van der Waals surface area contributed by atoms with Crippen LogP contribution in [0, 0.1) is 17.8 Å². The number of carboxylic acid groups (broad SMARTS) is 1. The number of nitrogens with zero attached hydrogens (tertiary/aromatic N) is 1. The number of carboxylic acids is 1. The molecule has 2 aromatic rings. The van der Waals surface area contributed by atoms with E-state index in [0.717, 1.165) is 32.4 Å². The zero-order valence-electron chi connectivity index (χ0n) is 19.8. The van der Waals surface area contributed by atoms with E-state index in [-0.39, 0.29) is 12.2 Å². The molecule has 1 fully saturated rings. The van der Waals surface area contributed by atoms with Crippen molar-refractivity contribution in [1.29, 1.82) is 0 Å². The molecule has 0 radical (unpaired) electrons. The van der Waals surface area contributed by atoms with Crippen molar-refractivity contribution >= 4 is 26.9 Å². The van der Waals surface area contributed by atoms with Crippen molar-refractivity contribution in [3.63, 3.8) is 0 Å². The van der Waals surface area contributed by atoms with Gasteiger partial charge in [0.1, 0.15) is 6.04 Å². The first-order valence-electron chi connectivity index (χ1n) is 11.9. The summed E-state index contributed by atoms with van der Waals surface area (Å²) in [7, 11) is -3.72. The van der Waals surface area contributed by atoms with E-state index < -0.39 is 33.3 Å². The van der Waals surface area contributed by atoms with Crippen LogP contribution in [0.25, 0.3) is 10.9 Å². The number of fused-ring (bicyclic) bond motifs is 1. The molecule has 0 bridgehead atoms. The van der Waals surface area contributed by atoms with Gasteiger partial charge in [-0.15, -0.1) is 0 Å². The first-order valence-corrected chi connectivity index (χ1v) is 13.5. The average molecular weight is 505 g/mol. The maximum atomic E-state index is 13.0. The minimum atomic E-state index is -3.72. The van der Waals surface area contributed by atoms with Crippen LogP contribution in [0.1, 0.15) is 51.0 Å². The Morgan fingerprint density at radius 2 is 2.03 bits per heavy atom. The van der Waals surface area contributed by atoms with Gasteiger partial charge in [0, 0.05) is 18.5 Å². The number of hydrogen-bond acceptors (Lipinski definition) is 6. The molecule has 0 amide bonds. The Morgan fingerprint density at radius 3 is 2.71 bits per heavy atom. The van der Waals surface area contributed by atoms with Gasteiger partial charge in [-0.1, -0.05) is 25.2 Å². The molecule has 35 heavy (non-hydrogen) atoms. The lowest BCUT2D eigenvalue weighted by atomic mass is 9.95. The van der Waals surface area contributed by atoms with Crippen molar-refractivity contribution in [1.82, 2.24) is 19.6 Å². The number of benzene rings is 1. The molecule has 0 aliphatic carbocycles. The normalized spacial score (nSPS) is 15.5. The van der Waals surface area contributed by atoms with E-state index in [1.54, 1.807) is 18.2 Å². The predicted octanol–water partition coefficient (Wildman–Crippen LogP) is 0.994. The van der Waals surface area contributed by atoms with Crippen LogP contribution in [0.2, 0.25) is 0 Å². The second kappa shape index (κ2) is 12.2. The number of carbonyl (C=O) groups is 1. The van der Waals surface area contributed by atoms with Gasteiger partial charge in [0.05, 0.1) is 16.7 Å². The molecule has 1 unspecified atom stereocenters. The summed E-state index contributed by atoms with van der Waals surface area (Å²) in [5, 5.41) is 13.0. The number of aromatic amines is 1. The number of H-pyrrole nitrogens is 1. The maximum absolute atomic E-state index is 13.0. The standard InChI is InChI=1S/C24H32N4O6S/c1-2-3-15-35(33,34)27-21(23(30)31)6-4-5-18-7-8-20-19(16-18)22(29)28(24(32)26-20)14-11-17-9-12-25-13-10-17/h7-8,16-17,21,25,27H,2-3,6,9-15H2,1H3,(H,26,32)(H,30,31). The fourth-order valence-electron chi connectivity index (χ4n) is 4.06. The monoisotopic (exact) mass is 504 g/mol. The number of aliphatic carboxylic acids is 1. The summed E-state index contributed by atoms with van der Waals surface area (Å²) >= 11 is 0. The highest BCUT2D eigenvalue weighted by atomic mass is 32.2. The molecular formula is C24H32N4O6S. The largest absolute Gasteiger partial charge is 0.480 e. The molecule has 1 aliphatic heterocycles. The van der Waals surface area contributed by atoms with E-state index in [2.05, 4.69) is 26.9 Å². The Morgan fingerprint density at radius 1 is 1.29 bits per heavy atom. The Bertz CT molecular complexity index is 1330.